The summed E-state index contributed by atoms with van der Waals surface area (Å²) in [5.74, 6) is -0.122. The summed E-state index contributed by atoms with van der Waals surface area (Å²) in [5, 5.41) is 6.92. The van der Waals surface area contributed by atoms with E-state index in [4.69, 9.17) is 11.6 Å². The van der Waals surface area contributed by atoms with Gasteiger partial charge in [-0.2, -0.15) is 0 Å². The largest absolute Gasteiger partial charge is 0.380 e. The zero-order valence-electron chi connectivity index (χ0n) is 14.3. The van der Waals surface area contributed by atoms with E-state index in [-0.39, 0.29) is 5.91 Å². The summed E-state index contributed by atoms with van der Waals surface area (Å²) in [6.07, 6.45) is 4.08. The Kier molecular flexibility index (Phi) is 6.23. The molecule has 0 fully saturated rings. The van der Waals surface area contributed by atoms with Gasteiger partial charge in [-0.15, -0.1) is 0 Å². The molecule has 0 aliphatic carbocycles. The van der Waals surface area contributed by atoms with Crippen LogP contribution in [0, 0.1) is 0 Å². The van der Waals surface area contributed by atoms with Crippen molar-refractivity contribution in [1.82, 2.24) is 10.3 Å². The first kappa shape index (κ1) is 18.0. The topological polar surface area (TPSA) is 54.0 Å². The van der Waals surface area contributed by atoms with Gasteiger partial charge in [0.2, 0.25) is 0 Å². The molecule has 1 heterocycles. The molecular weight excluding hydrogens is 346 g/mol. The first-order valence-corrected chi connectivity index (χ1v) is 8.84. The normalized spacial score (nSPS) is 10.3. The molecule has 0 aliphatic rings. The van der Waals surface area contributed by atoms with E-state index in [0.29, 0.717) is 23.7 Å². The Morgan fingerprint density at radius 2 is 1.73 bits per heavy atom. The van der Waals surface area contributed by atoms with Crippen LogP contribution in [0.15, 0.2) is 73.1 Å². The molecule has 132 valence electrons. The molecule has 5 heteroatoms. The highest BCUT2D eigenvalue weighted by Crippen LogP contribution is 2.13. The van der Waals surface area contributed by atoms with Gasteiger partial charge in [0.25, 0.3) is 5.91 Å². The molecule has 2 aromatic carbocycles. The van der Waals surface area contributed by atoms with Gasteiger partial charge < -0.3 is 10.6 Å². The van der Waals surface area contributed by atoms with Crippen molar-refractivity contribution in [3.8, 4) is 0 Å². The predicted molar refractivity (Wildman–Crippen MR) is 105 cm³/mol. The molecule has 0 spiro atoms. The highest BCUT2D eigenvalue weighted by atomic mass is 35.5. The van der Waals surface area contributed by atoms with E-state index in [9.17, 15) is 4.79 Å². The van der Waals surface area contributed by atoms with Gasteiger partial charge in [0.15, 0.2) is 0 Å². The molecule has 0 aliphatic heterocycles. The number of hydrogen-bond donors (Lipinski definition) is 2. The second-order valence-corrected chi connectivity index (χ2v) is 6.37. The maximum Gasteiger partial charge on any atom is 0.252 e. The van der Waals surface area contributed by atoms with Crippen LogP contribution in [0.1, 0.15) is 21.5 Å². The summed E-state index contributed by atoms with van der Waals surface area (Å²) >= 11 is 5.89. The number of nitrogens with one attached hydrogen (secondary N) is 2. The maximum atomic E-state index is 12.3. The van der Waals surface area contributed by atoms with E-state index in [1.54, 1.807) is 18.5 Å². The zero-order valence-corrected chi connectivity index (χ0v) is 15.0. The monoisotopic (exact) mass is 365 g/mol. The van der Waals surface area contributed by atoms with Gasteiger partial charge >= 0.3 is 0 Å². The molecule has 0 atom stereocenters. The summed E-state index contributed by atoms with van der Waals surface area (Å²) in [4.78, 5) is 16.5. The second kappa shape index (κ2) is 9.02. The van der Waals surface area contributed by atoms with E-state index in [2.05, 4.69) is 27.8 Å². The SMILES string of the molecule is O=C(NCCc1ccccc1)c1cncc(NCc2ccc(Cl)cc2)c1. The van der Waals surface area contributed by atoms with Crippen LogP contribution < -0.4 is 10.6 Å². The molecule has 3 aromatic rings. The maximum absolute atomic E-state index is 12.3. The van der Waals surface area contributed by atoms with E-state index < -0.39 is 0 Å². The fourth-order valence-electron chi connectivity index (χ4n) is 2.53. The first-order valence-electron chi connectivity index (χ1n) is 8.46. The van der Waals surface area contributed by atoms with Crippen LogP contribution in [-0.2, 0) is 13.0 Å². The second-order valence-electron chi connectivity index (χ2n) is 5.93. The molecule has 0 unspecified atom stereocenters. The number of carbonyl (C=O) groups is 1. The Labute approximate surface area is 158 Å². The van der Waals surface area contributed by atoms with Gasteiger partial charge in [-0.25, -0.2) is 0 Å². The van der Waals surface area contributed by atoms with Gasteiger partial charge in [-0.3, -0.25) is 9.78 Å². The van der Waals surface area contributed by atoms with Crippen LogP contribution in [-0.4, -0.2) is 17.4 Å². The van der Waals surface area contributed by atoms with Gasteiger partial charge in [-0.1, -0.05) is 54.1 Å². The lowest BCUT2D eigenvalue weighted by Gasteiger charge is -2.09. The molecule has 0 saturated carbocycles. The van der Waals surface area contributed by atoms with Crippen molar-refractivity contribution in [2.24, 2.45) is 0 Å². The van der Waals surface area contributed by atoms with Crippen LogP contribution >= 0.6 is 11.6 Å². The quantitative estimate of drug-likeness (QED) is 0.655. The van der Waals surface area contributed by atoms with Crippen LogP contribution in [0.3, 0.4) is 0 Å². The fraction of sp³-hybridized carbons (Fsp3) is 0.143. The Bertz CT molecular complexity index is 851. The molecular formula is C21H20ClN3O. The minimum atomic E-state index is -0.122. The van der Waals surface area contributed by atoms with Crippen molar-refractivity contribution in [1.29, 1.82) is 0 Å². The van der Waals surface area contributed by atoms with Crippen molar-refractivity contribution < 1.29 is 4.79 Å². The Morgan fingerprint density at radius 1 is 0.962 bits per heavy atom. The average Bonchev–Trinajstić information content (AvgIpc) is 2.68. The Balaban J connectivity index is 1.52. The van der Waals surface area contributed by atoms with Crippen molar-refractivity contribution in [2.75, 3.05) is 11.9 Å². The number of carbonyl (C=O) groups excluding carboxylic acids is 1. The molecule has 0 radical (unpaired) electrons. The van der Waals surface area contributed by atoms with Gasteiger partial charge in [0, 0.05) is 30.5 Å². The summed E-state index contributed by atoms with van der Waals surface area (Å²) in [6, 6.07) is 19.5. The lowest BCUT2D eigenvalue weighted by atomic mass is 10.1. The number of aromatic nitrogens is 1. The van der Waals surface area contributed by atoms with E-state index >= 15 is 0 Å². The number of anilines is 1. The third kappa shape index (κ3) is 5.33. The third-order valence-electron chi connectivity index (χ3n) is 3.95. The molecule has 1 aromatic heterocycles. The lowest BCUT2D eigenvalue weighted by molar-refractivity contribution is 0.0954. The fourth-order valence-corrected chi connectivity index (χ4v) is 2.66. The highest BCUT2D eigenvalue weighted by molar-refractivity contribution is 6.30. The summed E-state index contributed by atoms with van der Waals surface area (Å²) in [7, 11) is 0. The molecule has 2 N–H and O–H groups in total. The smallest absolute Gasteiger partial charge is 0.252 e. The molecule has 0 saturated heterocycles. The predicted octanol–water partition coefficient (Wildman–Crippen LogP) is 4.32. The van der Waals surface area contributed by atoms with Gasteiger partial charge in [0.1, 0.15) is 0 Å². The Morgan fingerprint density at radius 3 is 2.50 bits per heavy atom. The van der Waals surface area contributed by atoms with Crippen LogP contribution in [0.5, 0.6) is 0 Å². The average molecular weight is 366 g/mol. The van der Waals surface area contributed by atoms with E-state index in [1.807, 2.05) is 42.5 Å². The van der Waals surface area contributed by atoms with Gasteiger partial charge in [-0.05, 0) is 35.7 Å². The third-order valence-corrected chi connectivity index (χ3v) is 4.20. The number of benzene rings is 2. The Hall–Kier alpha value is -2.85. The number of amides is 1. The summed E-state index contributed by atoms with van der Waals surface area (Å²) < 4.78 is 0. The molecule has 0 bridgehead atoms. The molecule has 3 rings (SSSR count). The minimum absolute atomic E-state index is 0.122. The van der Waals surface area contributed by atoms with Crippen LogP contribution in [0.4, 0.5) is 5.69 Å². The van der Waals surface area contributed by atoms with Gasteiger partial charge in [0.05, 0.1) is 11.3 Å². The number of nitrogens with zero attached hydrogens (tertiary/aromatic N) is 1. The lowest BCUT2D eigenvalue weighted by Crippen LogP contribution is -2.25. The minimum Gasteiger partial charge on any atom is -0.380 e. The standard InChI is InChI=1S/C21H20ClN3O/c22-19-8-6-17(7-9-19)13-25-20-12-18(14-23-15-20)21(26)24-11-10-16-4-2-1-3-5-16/h1-9,12,14-15,25H,10-11,13H2,(H,24,26). The molecule has 4 nitrogen and oxygen atoms in total. The number of rotatable bonds is 7. The number of pyridine rings is 1. The number of hydrogen-bond acceptors (Lipinski definition) is 3. The van der Waals surface area contributed by atoms with E-state index in [1.165, 1.54) is 5.56 Å². The van der Waals surface area contributed by atoms with Crippen LogP contribution in [0.2, 0.25) is 5.02 Å². The zero-order chi connectivity index (χ0) is 18.2. The van der Waals surface area contributed by atoms with Crippen molar-refractivity contribution >= 4 is 23.2 Å². The first-order chi connectivity index (χ1) is 12.7. The van der Waals surface area contributed by atoms with Crippen molar-refractivity contribution in [3.05, 3.63) is 94.8 Å². The summed E-state index contributed by atoms with van der Waals surface area (Å²) in [5.41, 5.74) is 3.64. The van der Waals surface area contributed by atoms with Crippen molar-refractivity contribution in [2.45, 2.75) is 13.0 Å². The van der Waals surface area contributed by atoms with E-state index in [0.717, 1.165) is 17.7 Å². The molecule has 1 amide bonds. The molecule has 26 heavy (non-hydrogen) atoms. The van der Waals surface area contributed by atoms with Crippen molar-refractivity contribution in [3.63, 3.8) is 0 Å². The van der Waals surface area contributed by atoms with Crippen LogP contribution in [0.25, 0.3) is 0 Å². The highest BCUT2D eigenvalue weighted by Gasteiger charge is 2.06. The summed E-state index contributed by atoms with van der Waals surface area (Å²) in [6.45, 7) is 1.23. The number of halogens is 1.